The Morgan fingerprint density at radius 2 is 0.453 bits per heavy atom. The third kappa shape index (κ3) is 42.2. The molecule has 0 aliphatic heterocycles. The number of benzene rings is 14. The Morgan fingerprint density at radius 3 is 0.622 bits per heavy atom. The van der Waals surface area contributed by atoms with Crippen LogP contribution in [0.2, 0.25) is 0 Å². The molecule has 14 aromatic carbocycles. The Bertz CT molecular complexity index is 6440. The first kappa shape index (κ1) is 130. The van der Waals surface area contributed by atoms with E-state index in [9.17, 15) is 89.0 Å². The molecule has 14 aromatic rings. The van der Waals surface area contributed by atoms with E-state index >= 15 is 0 Å². The van der Waals surface area contributed by atoms with Crippen molar-refractivity contribution in [2.24, 2.45) is 0 Å². The molecule has 0 unspecified atom stereocenters. The number of carbonyl (C=O) groups excluding carboxylic acids is 5. The summed E-state index contributed by atoms with van der Waals surface area (Å²) in [5.74, 6) is -1.53. The maximum atomic E-state index is 12.7. The zero-order chi connectivity index (χ0) is 107. The van der Waals surface area contributed by atoms with Gasteiger partial charge in [0.05, 0.1) is 29.5 Å². The molecule has 0 atom stereocenters. The quantitative estimate of drug-likeness (QED) is 0.00934. The fourth-order valence-electron chi connectivity index (χ4n) is 13.0. The van der Waals surface area contributed by atoms with E-state index in [1.165, 1.54) is 138 Å². The van der Waals surface area contributed by atoms with Gasteiger partial charge >= 0.3 is 43.6 Å². The zero-order valence-electron chi connectivity index (χ0n) is 81.2. The number of nitro groups is 6. The van der Waals surface area contributed by atoms with Gasteiger partial charge in [0.15, 0.2) is 0 Å². The van der Waals surface area contributed by atoms with Crippen molar-refractivity contribution in [2.75, 3.05) is 57.4 Å². The monoisotopic (exact) mass is 2150 g/mol. The number of carbonyl (C=O) groups is 5. The second-order valence-electron chi connectivity index (χ2n) is 30.8. The Kier molecular flexibility index (Phi) is 57.1. The summed E-state index contributed by atoms with van der Waals surface area (Å²) in [6, 6.07) is 78.2. The van der Waals surface area contributed by atoms with Crippen molar-refractivity contribution in [1.82, 2.24) is 0 Å². The molecule has 0 fully saturated rings. The molecule has 768 valence electrons. The van der Waals surface area contributed by atoms with Gasteiger partial charge < -0.3 is 54.4 Å². The number of nitrogens with two attached hydrogens (primary N) is 4. The van der Waals surface area contributed by atoms with E-state index in [1.807, 2.05) is 149 Å². The van der Waals surface area contributed by atoms with E-state index < -0.39 is 40.6 Å². The van der Waals surface area contributed by atoms with Crippen LogP contribution in [-0.4, -0.2) is 125 Å². The number of nitrogens with one attached hydrogen (secondary N) is 4. The molecule has 0 aliphatic carbocycles. The van der Waals surface area contributed by atoms with Crippen molar-refractivity contribution in [2.45, 2.75) is 145 Å². The van der Waals surface area contributed by atoms with Gasteiger partial charge in [0.2, 0.25) is 0 Å². The summed E-state index contributed by atoms with van der Waals surface area (Å²) in [7, 11) is 0. The summed E-state index contributed by atoms with van der Waals surface area (Å²) in [6.07, 6.45) is 0. The summed E-state index contributed by atoms with van der Waals surface area (Å²) in [5, 5.41) is 90.1. The molecule has 0 spiro atoms. The number of anilines is 8. The second kappa shape index (κ2) is 65.0. The van der Waals surface area contributed by atoms with Crippen molar-refractivity contribution in [3.8, 4) is 0 Å². The van der Waals surface area contributed by atoms with Gasteiger partial charge in [0.1, 0.15) is 5.82 Å². The van der Waals surface area contributed by atoms with Crippen LogP contribution in [0, 0.1) is 136 Å². The molecule has 33 nitrogen and oxygen atoms in total. The van der Waals surface area contributed by atoms with Gasteiger partial charge in [-0.1, -0.05) is 69.3 Å². The average Bonchev–Trinajstić information content (AvgIpc) is 0.798. The van der Waals surface area contributed by atoms with Crippen LogP contribution in [0.25, 0.3) is 0 Å². The first-order chi connectivity index (χ1) is 68.3. The third-order valence-corrected chi connectivity index (χ3v) is 24.0. The van der Waals surface area contributed by atoms with E-state index in [0.29, 0.717) is 89.8 Å². The number of rotatable bonds is 23. The molecule has 14 N–H and O–H groups in total. The van der Waals surface area contributed by atoms with Gasteiger partial charge in [0.25, 0.3) is 63.0 Å². The SMILES string of the molecule is C.C.C.CCO.CCO.Cc1cc(C(=O)Cl)cc(C)c1[N+](=O)[O-].Cc1cc(C(=O)Nc2ccc(Sc3ccc(NC(=O)c4cc(C)c(N)c(C)c4)cc3)cc2)cc(C)c1N.Cc1cc(C(=O)Nc2ccc(Sc3ccc(NC(=O)c4cc(C)c([N+](=O)[O-])c(C)c4)cc3)cc2)cc(C)c1[N+](=O)[O-].Nc1ccc(Sc2ccc(N)cc2)cc1.O=[N+]([O-])c1ccc(F)cc1.O=[N+]([O-])c1ccc(Sc2ccc([N+](=O)[O-])cc2)cc1.S.[Na][Na]. The summed E-state index contributed by atoms with van der Waals surface area (Å²) >= 11 is 14.3. The maximum absolute atomic E-state index is 12.7. The van der Waals surface area contributed by atoms with Crippen molar-refractivity contribution < 1.29 is 68.1 Å². The third-order valence-electron chi connectivity index (χ3n) is 19.8. The Labute approximate surface area is 915 Å². The number of amides is 4. The number of hydrogen-bond acceptors (Lipinski definition) is 27. The topological polar surface area (TPSA) is 537 Å². The number of hydrogen-bond donors (Lipinski definition) is 10. The van der Waals surface area contributed by atoms with Gasteiger partial charge in [-0.05, 0) is 360 Å². The van der Waals surface area contributed by atoms with Gasteiger partial charge in [-0.25, -0.2) is 4.39 Å². The fraction of sp³-hybridized carbons (Fsp3) is 0.160. The average molecular weight is 2150 g/mol. The molecular formula is C106H114ClFN14Na2O19S5. The summed E-state index contributed by atoms with van der Waals surface area (Å²) in [4.78, 5) is 131. The number of non-ortho nitro benzene ring substituents is 3. The Morgan fingerprint density at radius 1 is 0.297 bits per heavy atom. The number of nitrogen functional groups attached to an aromatic ring is 4. The summed E-state index contributed by atoms with van der Waals surface area (Å²) < 4.78 is 12.1. The Hall–Kier alpha value is -13.9. The summed E-state index contributed by atoms with van der Waals surface area (Å²) in [5.41, 5.74) is 37.1. The number of nitrogens with zero attached hydrogens (tertiary/aromatic N) is 6. The van der Waals surface area contributed by atoms with Crippen LogP contribution in [0.4, 0.5) is 84.0 Å². The fourth-order valence-corrected chi connectivity index (χ4v) is 16.4. The van der Waals surface area contributed by atoms with E-state index in [2.05, 4.69) is 21.3 Å². The van der Waals surface area contributed by atoms with Crippen LogP contribution in [0.5, 0.6) is 0 Å². The molecule has 0 radical (unpaired) electrons. The first-order valence-corrected chi connectivity index (χ1v) is 55.3. The van der Waals surface area contributed by atoms with Crippen molar-refractivity contribution >= 4 is 224 Å². The molecule has 0 bridgehead atoms. The molecule has 0 heterocycles. The van der Waals surface area contributed by atoms with Crippen LogP contribution in [-0.2, 0) is 0 Å². The van der Waals surface area contributed by atoms with Gasteiger partial charge in [-0.2, -0.15) is 13.5 Å². The standard InChI is InChI=1S/C30H26N4O6S.C30H30N4O2S.C12H8N2O4S.C12H12N2S.C9H8ClNO3.C6H4FNO2.2C2H6O.3CH4.2Na.H2S/c1-17-13-21(14-18(2)27(17)33(37)38)29(35)31-23-5-9-25(10-6-23)41-26-11-7-24(8-12-26)32-30(36)22-15-19(3)28(34(39)40)20(4)16-22;1-17-13-21(14-18(2)27(17)31)29(35)33-23-5-9-25(10-6-23)37-26-11-7-24(8-12-26)34-30(36)22-15-19(3)28(32)20(4)16-22;15-13(16)9-1-5-11(6-2-9)19-12-7-3-10(4-8-12)14(17)18;13-9-1-5-11(6-2-9)15-12-7-3-10(14)4-8-12;1-5-3-7(9(10)12)4-6(2)8(5)11(13)14;7-5-1-3-6(4-2-5)8(9)10;2*1-2-3;;;;;;/h5-16H,1-4H3,(H,31,35)(H,32,36);5-16H,31-32H2,1-4H3,(H,33,35)(H,34,36);1-8H;1-8H,13-14H2;3-4H,1-2H3;1-4H;2*3H,2H2,1H3;3*1H4;;;1H2. The van der Waals surface area contributed by atoms with Crippen LogP contribution in [0.15, 0.2) is 318 Å². The number of aliphatic hydroxyl groups excluding tert-OH is 2. The Balaban J connectivity index is 0.000000625. The van der Waals surface area contributed by atoms with E-state index in [1.54, 1.807) is 152 Å². The molecule has 0 saturated carbocycles. The minimum atomic E-state index is -0.605. The van der Waals surface area contributed by atoms with Crippen LogP contribution in [0.3, 0.4) is 0 Å². The number of aliphatic hydroxyl groups is 2. The number of aryl methyl sites for hydroxylation is 10. The van der Waals surface area contributed by atoms with E-state index in [0.717, 1.165) is 87.3 Å². The van der Waals surface area contributed by atoms with Crippen LogP contribution in [0.1, 0.15) is 144 Å². The van der Waals surface area contributed by atoms with E-state index in [4.69, 9.17) is 44.7 Å². The minimum absolute atomic E-state index is 0. The van der Waals surface area contributed by atoms with Gasteiger partial charge in [-0.3, -0.25) is 84.7 Å². The van der Waals surface area contributed by atoms with Gasteiger partial charge in [0, 0.05) is 195 Å². The molecule has 42 heteroatoms. The zero-order valence-corrected chi connectivity index (χ0v) is 90.2. The number of nitro benzene ring substituents is 6. The molecule has 0 aromatic heterocycles. The first-order valence-electron chi connectivity index (χ1n) is 43.7. The molecule has 0 aliphatic rings. The van der Waals surface area contributed by atoms with Crippen molar-refractivity contribution in [3.05, 3.63) is 429 Å². The summed E-state index contributed by atoms with van der Waals surface area (Å²) in [6.45, 7) is 21.0. The predicted octanol–water partition coefficient (Wildman–Crippen LogP) is 26.4. The van der Waals surface area contributed by atoms with Crippen molar-refractivity contribution in [3.63, 3.8) is 0 Å². The molecule has 0 saturated heterocycles. The predicted molar refractivity (Wildman–Crippen MR) is 601 cm³/mol. The van der Waals surface area contributed by atoms with Crippen LogP contribution < -0.4 is 44.2 Å². The van der Waals surface area contributed by atoms with Crippen LogP contribution >= 0.6 is 72.1 Å². The molecule has 148 heavy (non-hydrogen) atoms. The molecule has 4 amide bonds. The molecular weight excluding hydrogens is 2030 g/mol. The van der Waals surface area contributed by atoms with E-state index in [-0.39, 0.29) is 112 Å². The number of halogens is 2. The second-order valence-corrected chi connectivity index (χ2v) is 35.7. The normalized spacial score (nSPS) is 9.81. The van der Waals surface area contributed by atoms with Gasteiger partial charge in [-0.15, -0.1) is 0 Å². The van der Waals surface area contributed by atoms with Crippen molar-refractivity contribution in [1.29, 1.82) is 0 Å². The molecule has 14 rings (SSSR count).